The van der Waals surface area contributed by atoms with E-state index in [1.165, 1.54) is 6.26 Å². The number of nitrogens with two attached hydrogens (primary N) is 1. The summed E-state index contributed by atoms with van der Waals surface area (Å²) in [5.74, 6) is 1.51. The zero-order valence-electron chi connectivity index (χ0n) is 13.1. The van der Waals surface area contributed by atoms with Crippen LogP contribution in [0.15, 0.2) is 53.4 Å². The summed E-state index contributed by atoms with van der Waals surface area (Å²) in [7, 11) is -3.16. The van der Waals surface area contributed by atoms with Crippen LogP contribution in [-0.2, 0) is 16.4 Å². The number of benzene rings is 2. The predicted octanol–water partition coefficient (Wildman–Crippen LogP) is 2.40. The van der Waals surface area contributed by atoms with E-state index in [4.69, 9.17) is 15.2 Å². The molecule has 0 bridgehead atoms. The Morgan fingerprint density at radius 3 is 2.00 bits per heavy atom. The second-order valence-corrected chi connectivity index (χ2v) is 7.18. The Balaban J connectivity index is 1.88. The van der Waals surface area contributed by atoms with Crippen molar-refractivity contribution in [2.75, 3.05) is 19.4 Å². The summed E-state index contributed by atoms with van der Waals surface area (Å²) in [4.78, 5) is 0.306. The molecule has 2 rings (SSSR count). The largest absolute Gasteiger partial charge is 0.494 e. The van der Waals surface area contributed by atoms with Crippen LogP contribution in [0.1, 0.15) is 12.0 Å². The molecule has 0 aliphatic carbocycles. The van der Waals surface area contributed by atoms with Crippen molar-refractivity contribution >= 4 is 9.84 Å². The van der Waals surface area contributed by atoms with Gasteiger partial charge in [-0.2, -0.15) is 0 Å². The molecule has 0 unspecified atom stereocenters. The average Bonchev–Trinajstić information content (AvgIpc) is 2.54. The average molecular weight is 335 g/mol. The zero-order chi connectivity index (χ0) is 16.7. The Labute approximate surface area is 137 Å². The molecule has 0 aliphatic rings. The molecule has 2 N–H and O–H groups in total. The van der Waals surface area contributed by atoms with E-state index in [9.17, 15) is 8.42 Å². The van der Waals surface area contributed by atoms with Crippen molar-refractivity contribution in [2.24, 2.45) is 5.73 Å². The minimum Gasteiger partial charge on any atom is -0.494 e. The van der Waals surface area contributed by atoms with E-state index in [0.717, 1.165) is 23.5 Å². The summed E-state index contributed by atoms with van der Waals surface area (Å²) >= 11 is 0. The summed E-state index contributed by atoms with van der Waals surface area (Å²) < 4.78 is 34.0. The van der Waals surface area contributed by atoms with Crippen LogP contribution >= 0.6 is 0 Å². The highest BCUT2D eigenvalue weighted by molar-refractivity contribution is 7.90. The Kier molecular flexibility index (Phi) is 6.01. The van der Waals surface area contributed by atoms with E-state index in [-0.39, 0.29) is 0 Å². The van der Waals surface area contributed by atoms with Gasteiger partial charge in [0.05, 0.1) is 11.5 Å². The van der Waals surface area contributed by atoms with Crippen molar-refractivity contribution in [3.05, 3.63) is 54.1 Å². The van der Waals surface area contributed by atoms with E-state index in [1.807, 2.05) is 24.3 Å². The molecule has 0 amide bonds. The third-order valence-electron chi connectivity index (χ3n) is 3.20. The number of hydrogen-bond donors (Lipinski definition) is 1. The van der Waals surface area contributed by atoms with Crippen molar-refractivity contribution < 1.29 is 17.9 Å². The third-order valence-corrected chi connectivity index (χ3v) is 4.33. The van der Waals surface area contributed by atoms with Crippen LogP contribution in [0, 0.1) is 0 Å². The molecule has 0 heterocycles. The summed E-state index contributed by atoms with van der Waals surface area (Å²) in [5.41, 5.74) is 6.31. The van der Waals surface area contributed by atoms with Crippen molar-refractivity contribution in [2.45, 2.75) is 17.9 Å². The molecule has 0 atom stereocenters. The number of hydrogen-bond acceptors (Lipinski definition) is 5. The molecule has 5 nitrogen and oxygen atoms in total. The second-order valence-electron chi connectivity index (χ2n) is 5.17. The second kappa shape index (κ2) is 7.99. The van der Waals surface area contributed by atoms with Gasteiger partial charge in [0.1, 0.15) is 18.1 Å². The molecule has 0 aliphatic heterocycles. The van der Waals surface area contributed by atoms with Crippen LogP contribution in [0.5, 0.6) is 11.5 Å². The highest BCUT2D eigenvalue weighted by atomic mass is 32.2. The topological polar surface area (TPSA) is 78.6 Å². The minimum atomic E-state index is -3.16. The number of sulfone groups is 1. The molecule has 0 fully saturated rings. The smallest absolute Gasteiger partial charge is 0.175 e. The van der Waals surface area contributed by atoms with Crippen LogP contribution in [0.2, 0.25) is 0 Å². The quantitative estimate of drug-likeness (QED) is 0.750. The molecule has 23 heavy (non-hydrogen) atoms. The molecule has 2 aromatic rings. The first-order valence-electron chi connectivity index (χ1n) is 7.34. The van der Waals surface area contributed by atoms with Crippen LogP contribution < -0.4 is 15.2 Å². The number of rotatable bonds is 8. The fourth-order valence-corrected chi connectivity index (χ4v) is 2.54. The predicted molar refractivity (Wildman–Crippen MR) is 89.5 cm³/mol. The summed E-state index contributed by atoms with van der Waals surface area (Å²) in [6.07, 6.45) is 2.01. The van der Waals surface area contributed by atoms with Gasteiger partial charge in [-0.3, -0.25) is 0 Å². The van der Waals surface area contributed by atoms with Gasteiger partial charge in [0, 0.05) is 6.26 Å². The number of ether oxygens (including phenoxy) is 2. The van der Waals surface area contributed by atoms with Crippen LogP contribution in [0.25, 0.3) is 0 Å². The molecule has 124 valence electrons. The van der Waals surface area contributed by atoms with E-state index in [2.05, 4.69) is 0 Å². The maximum atomic E-state index is 11.4. The molecular weight excluding hydrogens is 314 g/mol. The monoisotopic (exact) mass is 335 g/mol. The molecule has 0 saturated heterocycles. The first-order chi connectivity index (χ1) is 11.0. The fraction of sp³-hybridized carbons (Fsp3) is 0.294. The van der Waals surface area contributed by atoms with Crippen molar-refractivity contribution in [3.63, 3.8) is 0 Å². The molecule has 6 heteroatoms. The van der Waals surface area contributed by atoms with Gasteiger partial charge in [-0.15, -0.1) is 0 Å². The first-order valence-corrected chi connectivity index (χ1v) is 9.23. The van der Waals surface area contributed by atoms with E-state index in [1.54, 1.807) is 24.3 Å². The molecule has 0 spiro atoms. The zero-order valence-corrected chi connectivity index (χ0v) is 13.9. The van der Waals surface area contributed by atoms with Crippen LogP contribution in [-0.4, -0.2) is 27.8 Å². The molecule has 0 radical (unpaired) electrons. The normalized spacial score (nSPS) is 11.2. The van der Waals surface area contributed by atoms with Crippen molar-refractivity contribution in [3.8, 4) is 11.5 Å². The molecule has 2 aromatic carbocycles. The summed E-state index contributed by atoms with van der Waals surface area (Å²) in [6.45, 7) is 1.58. The van der Waals surface area contributed by atoms with Gasteiger partial charge < -0.3 is 15.2 Å². The Hall–Kier alpha value is -2.05. The third kappa shape index (κ3) is 5.58. The Bertz CT molecular complexity index is 709. The van der Waals surface area contributed by atoms with Crippen LogP contribution in [0.4, 0.5) is 0 Å². The molecule has 0 saturated carbocycles. The first kappa shape index (κ1) is 17.3. The standard InChI is InChI=1S/C17H21NO4S/c1-23(19,20)17-9-3-14(4-10-17)13-22-16-7-5-15(6-8-16)21-12-2-11-18/h3-10H,2,11-13,18H2,1H3. The van der Waals surface area contributed by atoms with Gasteiger partial charge in [0.2, 0.25) is 0 Å². The maximum absolute atomic E-state index is 11.4. The lowest BCUT2D eigenvalue weighted by Crippen LogP contribution is -2.06. The van der Waals surface area contributed by atoms with Gasteiger partial charge in [0.15, 0.2) is 9.84 Å². The van der Waals surface area contributed by atoms with Crippen molar-refractivity contribution in [1.29, 1.82) is 0 Å². The van der Waals surface area contributed by atoms with Gasteiger partial charge in [0.25, 0.3) is 0 Å². The SMILES string of the molecule is CS(=O)(=O)c1ccc(COc2ccc(OCCCN)cc2)cc1. The van der Waals surface area contributed by atoms with E-state index >= 15 is 0 Å². The lowest BCUT2D eigenvalue weighted by molar-refractivity contribution is 0.300. The maximum Gasteiger partial charge on any atom is 0.175 e. The molecular formula is C17H21NO4S. The van der Waals surface area contributed by atoms with Gasteiger partial charge in [-0.25, -0.2) is 8.42 Å². The lowest BCUT2D eigenvalue weighted by atomic mass is 10.2. The lowest BCUT2D eigenvalue weighted by Gasteiger charge is -2.09. The van der Waals surface area contributed by atoms with E-state index < -0.39 is 9.84 Å². The van der Waals surface area contributed by atoms with Crippen LogP contribution in [0.3, 0.4) is 0 Å². The summed E-state index contributed by atoms with van der Waals surface area (Å²) in [5, 5.41) is 0. The Morgan fingerprint density at radius 2 is 1.48 bits per heavy atom. The fourth-order valence-electron chi connectivity index (χ4n) is 1.90. The minimum absolute atomic E-state index is 0.306. The molecule has 0 aromatic heterocycles. The van der Waals surface area contributed by atoms with E-state index in [0.29, 0.717) is 24.7 Å². The highest BCUT2D eigenvalue weighted by Gasteiger charge is 2.06. The summed E-state index contributed by atoms with van der Waals surface area (Å²) in [6, 6.07) is 14.0. The Morgan fingerprint density at radius 1 is 0.913 bits per heavy atom. The van der Waals surface area contributed by atoms with Crippen molar-refractivity contribution in [1.82, 2.24) is 0 Å². The van der Waals surface area contributed by atoms with Gasteiger partial charge >= 0.3 is 0 Å². The van der Waals surface area contributed by atoms with Gasteiger partial charge in [-0.05, 0) is 54.9 Å². The van der Waals surface area contributed by atoms with Gasteiger partial charge in [-0.1, -0.05) is 12.1 Å². The highest BCUT2D eigenvalue weighted by Crippen LogP contribution is 2.19.